The van der Waals surface area contributed by atoms with Crippen LogP contribution in [0.1, 0.15) is 42.5 Å². The van der Waals surface area contributed by atoms with Gasteiger partial charge in [0.2, 0.25) is 0 Å². The van der Waals surface area contributed by atoms with Gasteiger partial charge in [-0.3, -0.25) is 10.1 Å². The number of hydrogen-bond donors (Lipinski definition) is 0. The van der Waals surface area contributed by atoms with E-state index in [1.54, 1.807) is 0 Å². The topological polar surface area (TPSA) is 69.4 Å². The summed E-state index contributed by atoms with van der Waals surface area (Å²) in [7, 11) is 0. The molecule has 0 bridgehead atoms. The Morgan fingerprint density at radius 3 is 2.61 bits per heavy atom. The average Bonchev–Trinajstić information content (AvgIpc) is 2.55. The number of carbonyl (C=O) groups is 1. The van der Waals surface area contributed by atoms with E-state index in [0.29, 0.717) is 5.56 Å². The zero-order valence-corrected chi connectivity index (χ0v) is 14.4. The van der Waals surface area contributed by atoms with Gasteiger partial charge in [0.15, 0.2) is 0 Å². The van der Waals surface area contributed by atoms with E-state index < -0.39 is 4.92 Å². The minimum Gasteiger partial charge on any atom is -0.459 e. The number of rotatable bonds is 3. The monoisotopic (exact) mass is 353 g/mol. The van der Waals surface area contributed by atoms with Gasteiger partial charge in [0, 0.05) is 18.6 Å². The van der Waals surface area contributed by atoms with E-state index in [0.717, 1.165) is 18.6 Å². The number of hydrogen-bond acceptors (Lipinski definition) is 6. The Hall–Kier alpha value is -1.21. The SMILES string of the molecule is O=C(O[C@@H]1CCS[C@]2(CCCCS2)C1)c1ccc([N+](=O)[O-])cc1. The third-order valence-electron chi connectivity index (χ3n) is 4.25. The highest BCUT2D eigenvalue weighted by Gasteiger charge is 2.40. The van der Waals surface area contributed by atoms with Crippen LogP contribution < -0.4 is 0 Å². The predicted molar refractivity (Wildman–Crippen MR) is 93.0 cm³/mol. The van der Waals surface area contributed by atoms with Crippen LogP contribution in [0.2, 0.25) is 0 Å². The Bertz CT molecular complexity index is 579. The highest BCUT2D eigenvalue weighted by molar-refractivity contribution is 8.18. The highest BCUT2D eigenvalue weighted by Crippen LogP contribution is 2.51. The molecule has 2 atom stereocenters. The van der Waals surface area contributed by atoms with Crippen molar-refractivity contribution in [3.05, 3.63) is 39.9 Å². The van der Waals surface area contributed by atoms with Crippen molar-refractivity contribution >= 4 is 35.2 Å². The summed E-state index contributed by atoms with van der Waals surface area (Å²) in [6.07, 6.45) is 5.45. The van der Waals surface area contributed by atoms with Gasteiger partial charge < -0.3 is 4.74 Å². The van der Waals surface area contributed by atoms with Crippen molar-refractivity contribution in [2.45, 2.75) is 42.3 Å². The second-order valence-electron chi connectivity index (χ2n) is 5.89. The molecular weight excluding hydrogens is 334 g/mol. The Kier molecular flexibility index (Phi) is 5.16. The van der Waals surface area contributed by atoms with Crippen molar-refractivity contribution in [2.75, 3.05) is 11.5 Å². The Morgan fingerprint density at radius 1 is 1.22 bits per heavy atom. The minimum atomic E-state index is -0.475. The number of thioether (sulfide) groups is 2. The van der Waals surface area contributed by atoms with Gasteiger partial charge in [0.1, 0.15) is 6.10 Å². The van der Waals surface area contributed by atoms with E-state index in [1.165, 1.54) is 49.3 Å². The summed E-state index contributed by atoms with van der Waals surface area (Å²) in [4.78, 5) is 22.4. The first-order valence-corrected chi connectivity index (χ1v) is 9.78. The molecule has 0 radical (unpaired) electrons. The average molecular weight is 353 g/mol. The van der Waals surface area contributed by atoms with Gasteiger partial charge in [-0.05, 0) is 42.9 Å². The fraction of sp³-hybridized carbons (Fsp3) is 0.562. The number of carbonyl (C=O) groups excluding carboxylic acids is 1. The van der Waals surface area contributed by atoms with Crippen LogP contribution in [-0.4, -0.2) is 32.6 Å². The summed E-state index contributed by atoms with van der Waals surface area (Å²) in [6, 6.07) is 5.60. The second kappa shape index (κ2) is 7.13. The Labute approximate surface area is 143 Å². The number of ether oxygens (including phenoxy) is 1. The van der Waals surface area contributed by atoms with Gasteiger partial charge in [-0.1, -0.05) is 6.42 Å². The largest absolute Gasteiger partial charge is 0.459 e. The number of esters is 1. The standard InChI is InChI=1S/C16H19NO4S2/c18-15(12-3-5-13(6-4-12)17(19)20)21-14-7-10-23-16(11-14)8-1-2-9-22-16/h3-6,14H,1-2,7-11H2/t14-,16-/m1/s1. The Morgan fingerprint density at radius 2 is 1.96 bits per heavy atom. The molecular formula is C16H19NO4S2. The van der Waals surface area contributed by atoms with Gasteiger partial charge in [0.25, 0.3) is 5.69 Å². The van der Waals surface area contributed by atoms with E-state index in [4.69, 9.17) is 4.74 Å². The number of nitro groups is 1. The quantitative estimate of drug-likeness (QED) is 0.459. The third-order valence-corrected chi connectivity index (χ3v) is 7.68. The lowest BCUT2D eigenvalue weighted by molar-refractivity contribution is -0.384. The molecule has 1 aromatic rings. The number of non-ortho nitro benzene ring substituents is 1. The molecule has 2 heterocycles. The lowest BCUT2D eigenvalue weighted by Crippen LogP contribution is -2.36. The molecule has 5 nitrogen and oxygen atoms in total. The van der Waals surface area contributed by atoms with Crippen molar-refractivity contribution in [2.24, 2.45) is 0 Å². The fourth-order valence-electron chi connectivity index (χ4n) is 3.03. The number of nitro benzene ring substituents is 1. The van der Waals surface area contributed by atoms with Crippen LogP contribution in [0, 0.1) is 10.1 Å². The maximum absolute atomic E-state index is 12.3. The molecule has 0 aromatic heterocycles. The molecule has 0 amide bonds. The van der Waals surface area contributed by atoms with Gasteiger partial charge >= 0.3 is 5.97 Å². The van der Waals surface area contributed by atoms with E-state index in [1.807, 2.05) is 23.5 Å². The lowest BCUT2D eigenvalue weighted by Gasteiger charge is -2.41. The third kappa shape index (κ3) is 4.01. The summed E-state index contributed by atoms with van der Waals surface area (Å²) in [5.74, 6) is 1.83. The predicted octanol–water partition coefficient (Wildman–Crippen LogP) is 4.26. The molecule has 0 N–H and O–H groups in total. The summed E-state index contributed by atoms with van der Waals surface area (Å²) in [5.41, 5.74) is 0.354. The van der Waals surface area contributed by atoms with Crippen LogP contribution in [0.3, 0.4) is 0 Å². The van der Waals surface area contributed by atoms with Crippen LogP contribution >= 0.6 is 23.5 Å². The molecule has 3 rings (SSSR count). The summed E-state index contributed by atoms with van der Waals surface area (Å²) < 4.78 is 5.89. The molecule has 0 aliphatic carbocycles. The van der Waals surface area contributed by atoms with Crippen molar-refractivity contribution < 1.29 is 14.5 Å². The number of benzene rings is 1. The van der Waals surface area contributed by atoms with Crippen molar-refractivity contribution in [3.8, 4) is 0 Å². The van der Waals surface area contributed by atoms with Gasteiger partial charge in [-0.25, -0.2) is 4.79 Å². The van der Waals surface area contributed by atoms with Crippen LogP contribution in [0.15, 0.2) is 24.3 Å². The van der Waals surface area contributed by atoms with Crippen LogP contribution in [0.25, 0.3) is 0 Å². The first-order chi connectivity index (χ1) is 11.1. The molecule has 124 valence electrons. The number of nitrogens with zero attached hydrogens (tertiary/aromatic N) is 1. The minimum absolute atomic E-state index is 0.0202. The van der Waals surface area contributed by atoms with E-state index >= 15 is 0 Å². The van der Waals surface area contributed by atoms with Gasteiger partial charge in [0.05, 0.1) is 14.6 Å². The zero-order chi connectivity index (χ0) is 16.3. The smallest absolute Gasteiger partial charge is 0.338 e. The van der Waals surface area contributed by atoms with Crippen molar-refractivity contribution in [1.82, 2.24) is 0 Å². The molecule has 2 aliphatic heterocycles. The summed E-state index contributed by atoms with van der Waals surface area (Å²) >= 11 is 4.03. The van der Waals surface area contributed by atoms with E-state index in [2.05, 4.69) is 0 Å². The molecule has 1 aromatic carbocycles. The van der Waals surface area contributed by atoms with Crippen LogP contribution in [0.4, 0.5) is 5.69 Å². The molecule has 2 aliphatic rings. The van der Waals surface area contributed by atoms with E-state index in [-0.39, 0.29) is 21.8 Å². The first kappa shape index (κ1) is 16.6. The van der Waals surface area contributed by atoms with E-state index in [9.17, 15) is 14.9 Å². The zero-order valence-electron chi connectivity index (χ0n) is 12.7. The molecule has 1 spiro atoms. The maximum atomic E-state index is 12.3. The lowest BCUT2D eigenvalue weighted by atomic mass is 10.0. The molecule has 2 saturated heterocycles. The summed E-state index contributed by atoms with van der Waals surface area (Å²) in [5, 5.41) is 10.7. The summed E-state index contributed by atoms with van der Waals surface area (Å²) in [6.45, 7) is 0. The normalized spacial score (nSPS) is 27.6. The molecule has 0 saturated carbocycles. The van der Waals surface area contributed by atoms with Gasteiger partial charge in [-0.15, -0.1) is 23.5 Å². The molecule has 7 heteroatoms. The molecule has 2 fully saturated rings. The second-order valence-corrected chi connectivity index (χ2v) is 9.10. The molecule has 0 unspecified atom stereocenters. The van der Waals surface area contributed by atoms with Crippen molar-refractivity contribution in [3.63, 3.8) is 0 Å². The van der Waals surface area contributed by atoms with Gasteiger partial charge in [-0.2, -0.15) is 0 Å². The fourth-order valence-corrected chi connectivity index (χ4v) is 6.52. The van der Waals surface area contributed by atoms with Crippen molar-refractivity contribution in [1.29, 1.82) is 0 Å². The Balaban J connectivity index is 1.61. The van der Waals surface area contributed by atoms with Crippen LogP contribution in [0.5, 0.6) is 0 Å². The molecule has 23 heavy (non-hydrogen) atoms. The first-order valence-electron chi connectivity index (χ1n) is 7.81. The highest BCUT2D eigenvalue weighted by atomic mass is 32.2. The van der Waals surface area contributed by atoms with Crippen LogP contribution in [-0.2, 0) is 4.74 Å². The maximum Gasteiger partial charge on any atom is 0.338 e.